The Morgan fingerprint density at radius 3 is 2.81 bits per heavy atom. The van der Waals surface area contributed by atoms with Crippen LogP contribution in [-0.4, -0.2) is 18.8 Å². The summed E-state index contributed by atoms with van der Waals surface area (Å²) < 4.78 is 6.17. The average molecular weight is 414 g/mol. The fourth-order valence-electron chi connectivity index (χ4n) is 1.66. The highest BCUT2D eigenvalue weighted by molar-refractivity contribution is 14.1. The molecule has 2 aromatic carbocycles. The molecule has 2 rings (SSSR count). The predicted molar refractivity (Wildman–Crippen MR) is 95.9 cm³/mol. The van der Waals surface area contributed by atoms with E-state index in [-0.39, 0.29) is 5.91 Å². The molecule has 0 unspecified atom stereocenters. The van der Waals surface area contributed by atoms with Gasteiger partial charge in [0.15, 0.2) is 0 Å². The summed E-state index contributed by atoms with van der Waals surface area (Å²) in [5.74, 6) is 0.957. The summed E-state index contributed by atoms with van der Waals surface area (Å²) in [4.78, 5) is 12.8. The van der Waals surface area contributed by atoms with Crippen molar-refractivity contribution in [3.05, 3.63) is 46.0 Å². The maximum absolute atomic E-state index is 12.0. The van der Waals surface area contributed by atoms with Crippen LogP contribution in [0.2, 0.25) is 0 Å². The van der Waals surface area contributed by atoms with Crippen molar-refractivity contribution in [3.8, 4) is 5.75 Å². The van der Waals surface area contributed by atoms with Gasteiger partial charge in [0, 0.05) is 14.2 Å². The summed E-state index contributed by atoms with van der Waals surface area (Å²) in [5.41, 5.74) is 7.36. The number of ether oxygens (including phenoxy) is 1. The van der Waals surface area contributed by atoms with E-state index < -0.39 is 0 Å². The molecule has 0 saturated heterocycles. The summed E-state index contributed by atoms with van der Waals surface area (Å²) in [7, 11) is 1.60. The first-order valence-electron chi connectivity index (χ1n) is 6.21. The lowest BCUT2D eigenvalue weighted by Crippen LogP contribution is -2.14. The lowest BCUT2D eigenvalue weighted by molar-refractivity contribution is -0.113. The molecule has 0 bridgehead atoms. The van der Waals surface area contributed by atoms with Gasteiger partial charge in [-0.2, -0.15) is 0 Å². The third-order valence-corrected chi connectivity index (χ3v) is 4.74. The second-order valence-corrected chi connectivity index (χ2v) is 6.40. The first-order chi connectivity index (χ1) is 10.1. The van der Waals surface area contributed by atoms with Crippen LogP contribution >= 0.6 is 34.4 Å². The number of benzene rings is 2. The van der Waals surface area contributed by atoms with Crippen LogP contribution in [-0.2, 0) is 4.79 Å². The van der Waals surface area contributed by atoms with Gasteiger partial charge in [0.2, 0.25) is 5.91 Å². The zero-order valence-electron chi connectivity index (χ0n) is 11.4. The van der Waals surface area contributed by atoms with Crippen LogP contribution < -0.4 is 15.8 Å². The van der Waals surface area contributed by atoms with E-state index in [1.165, 1.54) is 11.8 Å². The Balaban J connectivity index is 1.97. The number of hydrogen-bond donors (Lipinski definition) is 2. The van der Waals surface area contributed by atoms with Gasteiger partial charge in [0.05, 0.1) is 18.6 Å². The Kier molecular flexibility index (Phi) is 5.75. The van der Waals surface area contributed by atoms with Gasteiger partial charge in [-0.15, -0.1) is 11.8 Å². The zero-order chi connectivity index (χ0) is 15.2. The monoisotopic (exact) mass is 414 g/mol. The number of amides is 1. The topological polar surface area (TPSA) is 64.3 Å². The summed E-state index contributed by atoms with van der Waals surface area (Å²) in [6, 6.07) is 13.1. The van der Waals surface area contributed by atoms with Gasteiger partial charge in [-0.1, -0.05) is 12.1 Å². The molecule has 4 nitrogen and oxygen atoms in total. The molecule has 0 atom stereocenters. The molecule has 2 aromatic rings. The van der Waals surface area contributed by atoms with Crippen LogP contribution in [0.15, 0.2) is 47.4 Å². The van der Waals surface area contributed by atoms with E-state index in [1.807, 2.05) is 30.3 Å². The summed E-state index contributed by atoms with van der Waals surface area (Å²) in [6.45, 7) is 0. The Labute approximate surface area is 141 Å². The number of carbonyl (C=O) groups excluding carboxylic acids is 1. The number of nitrogens with one attached hydrogen (secondary N) is 1. The molecule has 110 valence electrons. The van der Waals surface area contributed by atoms with Crippen LogP contribution in [0.5, 0.6) is 5.75 Å². The average Bonchev–Trinajstić information content (AvgIpc) is 2.49. The molecule has 0 aliphatic rings. The molecule has 0 spiro atoms. The normalized spacial score (nSPS) is 10.2. The number of halogens is 1. The smallest absolute Gasteiger partial charge is 0.234 e. The molecule has 1 amide bonds. The molecule has 21 heavy (non-hydrogen) atoms. The second-order valence-electron chi connectivity index (χ2n) is 4.22. The van der Waals surface area contributed by atoms with Gasteiger partial charge in [0.25, 0.3) is 0 Å². The van der Waals surface area contributed by atoms with E-state index in [2.05, 4.69) is 27.9 Å². The number of methoxy groups -OCH3 is 1. The van der Waals surface area contributed by atoms with E-state index in [4.69, 9.17) is 10.5 Å². The molecule has 0 aromatic heterocycles. The maximum atomic E-state index is 12.0. The summed E-state index contributed by atoms with van der Waals surface area (Å²) >= 11 is 3.58. The van der Waals surface area contributed by atoms with Crippen LogP contribution in [0.1, 0.15) is 0 Å². The van der Waals surface area contributed by atoms with Crippen molar-refractivity contribution in [3.63, 3.8) is 0 Å². The fraction of sp³-hybridized carbons (Fsp3) is 0.133. The number of nitrogens with two attached hydrogens (primary N) is 1. The molecule has 0 fully saturated rings. The van der Waals surface area contributed by atoms with Crippen molar-refractivity contribution in [2.75, 3.05) is 23.9 Å². The summed E-state index contributed by atoms with van der Waals surface area (Å²) in [5, 5.41) is 2.89. The third-order valence-electron chi connectivity index (χ3n) is 2.73. The highest BCUT2D eigenvalue weighted by atomic mass is 127. The van der Waals surface area contributed by atoms with Crippen LogP contribution in [0.25, 0.3) is 0 Å². The number of anilines is 2. The number of nitrogen functional groups attached to an aromatic ring is 1. The second kappa shape index (κ2) is 7.56. The zero-order valence-corrected chi connectivity index (χ0v) is 14.4. The molecule has 0 radical (unpaired) electrons. The number of para-hydroxylation sites is 1. The molecular formula is C15H15IN2O2S. The quantitative estimate of drug-likeness (QED) is 0.446. The highest BCUT2D eigenvalue weighted by Crippen LogP contribution is 2.29. The van der Waals surface area contributed by atoms with E-state index >= 15 is 0 Å². The number of thioether (sulfide) groups is 1. The van der Waals surface area contributed by atoms with Crippen molar-refractivity contribution >= 4 is 51.6 Å². The van der Waals surface area contributed by atoms with Crippen molar-refractivity contribution in [1.82, 2.24) is 0 Å². The SMILES string of the molecule is COc1ccc(N)c(SCC(=O)Nc2ccccc2I)c1. The number of carbonyl (C=O) groups is 1. The van der Waals surface area contributed by atoms with Gasteiger partial charge in [-0.05, 0) is 52.9 Å². The van der Waals surface area contributed by atoms with Crippen LogP contribution in [0.3, 0.4) is 0 Å². The summed E-state index contributed by atoms with van der Waals surface area (Å²) in [6.07, 6.45) is 0. The third kappa shape index (κ3) is 4.53. The Morgan fingerprint density at radius 2 is 2.10 bits per heavy atom. The molecule has 0 aliphatic carbocycles. The van der Waals surface area contributed by atoms with Crippen molar-refractivity contribution in [2.24, 2.45) is 0 Å². The Hall–Kier alpha value is -1.41. The standard InChI is InChI=1S/C15H15IN2O2S/c1-20-10-6-7-12(17)14(8-10)21-9-15(19)18-13-5-3-2-4-11(13)16/h2-8H,9,17H2,1H3,(H,18,19). The van der Waals surface area contributed by atoms with Gasteiger partial charge in [-0.3, -0.25) is 4.79 Å². The fourth-order valence-corrected chi connectivity index (χ4v) is 2.97. The first-order valence-corrected chi connectivity index (χ1v) is 8.27. The maximum Gasteiger partial charge on any atom is 0.234 e. The lowest BCUT2D eigenvalue weighted by atomic mass is 10.3. The van der Waals surface area contributed by atoms with E-state index in [0.717, 1.165) is 19.9 Å². The molecule has 0 saturated carbocycles. The van der Waals surface area contributed by atoms with Crippen molar-refractivity contribution < 1.29 is 9.53 Å². The van der Waals surface area contributed by atoms with Gasteiger partial charge in [-0.25, -0.2) is 0 Å². The van der Waals surface area contributed by atoms with Crippen molar-refractivity contribution in [2.45, 2.75) is 4.90 Å². The number of hydrogen-bond acceptors (Lipinski definition) is 4. The minimum atomic E-state index is -0.0636. The van der Waals surface area contributed by atoms with E-state index in [1.54, 1.807) is 19.2 Å². The molecule has 0 heterocycles. The molecular weight excluding hydrogens is 399 g/mol. The highest BCUT2D eigenvalue weighted by Gasteiger charge is 2.08. The van der Waals surface area contributed by atoms with E-state index in [9.17, 15) is 4.79 Å². The van der Waals surface area contributed by atoms with Crippen molar-refractivity contribution in [1.29, 1.82) is 0 Å². The van der Waals surface area contributed by atoms with Crippen LogP contribution in [0, 0.1) is 3.57 Å². The van der Waals surface area contributed by atoms with E-state index in [0.29, 0.717) is 11.4 Å². The predicted octanol–water partition coefficient (Wildman–Crippen LogP) is 3.61. The minimum Gasteiger partial charge on any atom is -0.497 e. The Bertz CT molecular complexity index is 649. The molecule has 0 aliphatic heterocycles. The van der Waals surface area contributed by atoms with Gasteiger partial charge in [0.1, 0.15) is 5.75 Å². The van der Waals surface area contributed by atoms with Gasteiger partial charge >= 0.3 is 0 Å². The molecule has 6 heteroatoms. The number of rotatable bonds is 5. The Morgan fingerprint density at radius 1 is 1.33 bits per heavy atom. The van der Waals surface area contributed by atoms with Gasteiger partial charge < -0.3 is 15.8 Å². The molecule has 3 N–H and O–H groups in total. The minimum absolute atomic E-state index is 0.0636. The van der Waals surface area contributed by atoms with Crippen LogP contribution in [0.4, 0.5) is 11.4 Å². The lowest BCUT2D eigenvalue weighted by Gasteiger charge is -2.09. The largest absolute Gasteiger partial charge is 0.497 e. The first kappa shape index (κ1) is 16.0.